The van der Waals surface area contributed by atoms with Gasteiger partial charge in [0.15, 0.2) is 14.1 Å². The van der Waals surface area contributed by atoms with Gasteiger partial charge in [0.1, 0.15) is 11.4 Å². The van der Waals surface area contributed by atoms with E-state index in [0.717, 1.165) is 43.9 Å². The second-order valence-corrected chi connectivity index (χ2v) is 8.95. The van der Waals surface area contributed by atoms with Gasteiger partial charge < -0.3 is 0 Å². The summed E-state index contributed by atoms with van der Waals surface area (Å²) in [5, 5.41) is 0. The van der Waals surface area contributed by atoms with Crippen LogP contribution in [0.1, 0.15) is 0 Å². The monoisotopic (exact) mass is 639 g/mol. The Bertz CT molecular complexity index is 1470. The Balaban J connectivity index is 0.00000241. The van der Waals surface area contributed by atoms with Gasteiger partial charge in [0.25, 0.3) is 22.7 Å². The molecule has 0 aromatic heterocycles. The number of rotatable bonds is 4. The Morgan fingerprint density at radius 2 is 0.971 bits per heavy atom. The summed E-state index contributed by atoms with van der Waals surface area (Å²) in [5.74, 6) is 0. The molecule has 0 saturated heterocycles. The fourth-order valence-corrected chi connectivity index (χ4v) is 4.97. The molecule has 0 radical (unpaired) electrons. The van der Waals surface area contributed by atoms with Gasteiger partial charge in [0.2, 0.25) is 0 Å². The number of hydrogen-bond donors (Lipinski definition) is 0. The third-order valence-corrected chi connectivity index (χ3v) is 6.59. The minimum atomic E-state index is 0. The molecule has 0 fully saturated rings. The molecule has 4 aromatic carbocycles. The van der Waals surface area contributed by atoms with Gasteiger partial charge in [-0.2, -0.15) is 24.3 Å². The number of nitrogens with zero attached hydrogens (tertiary/aromatic N) is 4. The second-order valence-electron chi connectivity index (χ2n) is 7.87. The molecule has 0 aliphatic carbocycles. The first-order valence-corrected chi connectivity index (χ1v) is 11.5. The fourth-order valence-electron chi connectivity index (χ4n) is 4.13. The molecular weight excluding hydrogens is 619 g/mol. The van der Waals surface area contributed by atoms with Crippen molar-refractivity contribution in [2.75, 3.05) is 14.1 Å². The van der Waals surface area contributed by atoms with Crippen molar-refractivity contribution in [3.63, 3.8) is 0 Å². The van der Waals surface area contributed by atoms with Crippen LogP contribution in [0.3, 0.4) is 0 Å². The molecule has 164 valence electrons. The van der Waals surface area contributed by atoms with Crippen molar-refractivity contribution in [1.82, 2.24) is 9.15 Å². The Labute approximate surface area is 217 Å². The van der Waals surface area contributed by atoms with E-state index in [0.29, 0.717) is 0 Å². The summed E-state index contributed by atoms with van der Waals surface area (Å²) in [5.41, 5.74) is 6.40. The Morgan fingerprint density at radius 1 is 0.559 bits per heavy atom. The van der Waals surface area contributed by atoms with Gasteiger partial charge in [-0.3, -0.25) is 0 Å². The first kappa shape index (κ1) is 22.5. The average Bonchev–Trinajstić information content (AvgIpc) is 3.37. The van der Waals surface area contributed by atoms with Crippen molar-refractivity contribution < 1.29 is 30.2 Å². The van der Waals surface area contributed by atoms with E-state index < -0.39 is 0 Å². The number of fused-ring (bicyclic) bond motifs is 2. The molecule has 0 atom stereocenters. The predicted molar refractivity (Wildman–Crippen MR) is 132 cm³/mol. The maximum absolute atomic E-state index is 3.55. The van der Waals surface area contributed by atoms with Gasteiger partial charge in [-0.15, -0.1) is 11.8 Å². The van der Waals surface area contributed by atoms with Gasteiger partial charge >= 0.3 is 33.1 Å². The van der Waals surface area contributed by atoms with Crippen LogP contribution in [0, 0.1) is 12.1 Å². The largest absolute Gasteiger partial charge is 2.00 e. The molecule has 0 spiro atoms. The Kier molecular flexibility index (Phi) is 6.04. The standard InChI is InChI=1S/C28H20N4S.Pt/c1-29-19-31(27-15-5-3-13-25(27)29)21-9-7-11-23(17-21)33-24-12-8-10-22(18-24)32-20-30(2)26-14-4-6-16-28(26)32;/h3-16H,1-2H3;/q2*+2. The first-order valence-electron chi connectivity index (χ1n) is 10.7. The van der Waals surface area contributed by atoms with E-state index >= 15 is 0 Å². The van der Waals surface area contributed by atoms with E-state index in [1.807, 2.05) is 47.5 Å². The van der Waals surface area contributed by atoms with Crippen molar-refractivity contribution in [1.29, 1.82) is 0 Å². The molecule has 0 N–H and O–H groups in total. The van der Waals surface area contributed by atoms with Crippen LogP contribution in [-0.4, -0.2) is 35.3 Å². The van der Waals surface area contributed by atoms with Gasteiger partial charge in [0, 0.05) is 24.3 Å². The molecular formula is C28H20N4PtS+4. The van der Waals surface area contributed by atoms with Crippen LogP contribution in [0.2, 0.25) is 0 Å². The number of para-hydroxylation sites is 4. The van der Waals surface area contributed by atoms with E-state index in [-0.39, 0.29) is 21.1 Å². The molecule has 0 bridgehead atoms. The molecule has 0 amide bonds. The first-order chi connectivity index (χ1) is 16.2. The van der Waals surface area contributed by atoms with E-state index in [2.05, 4.69) is 94.0 Å². The SMILES string of the molecule is C[N+]1=C=[N+](c2[c-]c(Sc3[c-]c([N+]4=C=[N+](C)c5ccccc54)ccc3)ccc2)c2ccccc21.[Pt+2]. The normalized spacial score (nSPS) is 13.2. The minimum absolute atomic E-state index is 0. The van der Waals surface area contributed by atoms with E-state index in [9.17, 15) is 0 Å². The Hall–Kier alpha value is -3.32. The minimum Gasteiger partial charge on any atom is -0.165 e. The van der Waals surface area contributed by atoms with Crippen LogP contribution in [0.5, 0.6) is 0 Å². The number of hydrogen-bond acceptors (Lipinski definition) is 1. The van der Waals surface area contributed by atoms with Gasteiger partial charge in [-0.25, -0.2) is 0 Å². The van der Waals surface area contributed by atoms with E-state index in [1.165, 1.54) is 0 Å². The topological polar surface area (TPSA) is 12.0 Å². The van der Waals surface area contributed by atoms with E-state index in [1.54, 1.807) is 11.8 Å². The van der Waals surface area contributed by atoms with Crippen molar-refractivity contribution >= 4 is 57.9 Å². The van der Waals surface area contributed by atoms with Crippen LogP contribution < -0.4 is 9.15 Å². The maximum Gasteiger partial charge on any atom is 2.00 e. The zero-order chi connectivity index (χ0) is 22.4. The van der Waals surface area contributed by atoms with Crippen LogP contribution in [0.25, 0.3) is 0 Å². The fraction of sp³-hybridized carbons (Fsp3) is 0.0714. The average molecular weight is 640 g/mol. The van der Waals surface area contributed by atoms with Gasteiger partial charge in [-0.05, 0) is 0 Å². The smallest absolute Gasteiger partial charge is 0.165 e. The van der Waals surface area contributed by atoms with Crippen molar-refractivity contribution in [2.24, 2.45) is 0 Å². The van der Waals surface area contributed by atoms with Crippen LogP contribution in [0.15, 0.2) is 94.7 Å². The molecule has 2 aliphatic rings. The van der Waals surface area contributed by atoms with Crippen LogP contribution in [-0.2, 0) is 21.1 Å². The maximum atomic E-state index is 3.55. The second kappa shape index (κ2) is 9.14. The number of benzene rings is 4. The Morgan fingerprint density at radius 3 is 1.41 bits per heavy atom. The third kappa shape index (κ3) is 3.94. The van der Waals surface area contributed by atoms with Crippen LogP contribution >= 0.6 is 11.8 Å². The summed E-state index contributed by atoms with van der Waals surface area (Å²) >= 11 is 1.65. The predicted octanol–water partition coefficient (Wildman–Crippen LogP) is 6.03. The molecule has 0 unspecified atom stereocenters. The van der Waals surface area contributed by atoms with Gasteiger partial charge in [-0.1, -0.05) is 76.6 Å². The van der Waals surface area contributed by atoms with Crippen molar-refractivity contribution in [3.8, 4) is 0 Å². The van der Waals surface area contributed by atoms with Crippen molar-refractivity contribution in [2.45, 2.75) is 9.79 Å². The summed E-state index contributed by atoms with van der Waals surface area (Å²) in [4.78, 5) is 2.06. The molecule has 2 heterocycles. The summed E-state index contributed by atoms with van der Waals surface area (Å²) in [6.07, 6.45) is 0. The summed E-state index contributed by atoms with van der Waals surface area (Å²) in [7, 11) is 4.03. The summed E-state index contributed by atoms with van der Waals surface area (Å²) in [6, 6.07) is 42.9. The molecule has 6 rings (SSSR count). The molecule has 4 nitrogen and oxygen atoms in total. The molecule has 34 heavy (non-hydrogen) atoms. The molecule has 4 aromatic rings. The van der Waals surface area contributed by atoms with Crippen LogP contribution in [0.4, 0.5) is 34.1 Å². The summed E-state index contributed by atoms with van der Waals surface area (Å²) < 4.78 is 8.14. The van der Waals surface area contributed by atoms with E-state index in [4.69, 9.17) is 0 Å². The zero-order valence-electron chi connectivity index (χ0n) is 18.6. The third-order valence-electron chi connectivity index (χ3n) is 5.68. The molecule has 6 heteroatoms. The van der Waals surface area contributed by atoms with Gasteiger partial charge in [0.05, 0.1) is 0 Å². The molecule has 2 aliphatic heterocycles. The molecule has 0 saturated carbocycles. The quantitative estimate of drug-likeness (QED) is 0.196. The van der Waals surface area contributed by atoms with Crippen molar-refractivity contribution in [3.05, 3.63) is 97.1 Å². The summed E-state index contributed by atoms with van der Waals surface area (Å²) in [6.45, 7) is 0. The zero-order valence-corrected chi connectivity index (χ0v) is 21.7.